The maximum atomic E-state index is 11.5. The maximum Gasteiger partial charge on any atom is 0.331 e. The van der Waals surface area contributed by atoms with Gasteiger partial charge in [0, 0.05) is 18.2 Å². The van der Waals surface area contributed by atoms with Crippen molar-refractivity contribution in [3.63, 3.8) is 0 Å². The lowest BCUT2D eigenvalue weighted by molar-refractivity contribution is -0.384. The number of carbonyl (C=O) groups excluding carboxylic acids is 1. The molecule has 2 rings (SSSR count). The number of carbonyl (C=O) groups is 1. The Kier molecular flexibility index (Phi) is 4.46. The van der Waals surface area contributed by atoms with Crippen LogP contribution in [0.5, 0.6) is 0 Å². The van der Waals surface area contributed by atoms with Crippen LogP contribution in [0.4, 0.5) is 5.69 Å². The van der Waals surface area contributed by atoms with E-state index in [1.54, 1.807) is 12.1 Å². The maximum absolute atomic E-state index is 11.5. The molecule has 0 aliphatic heterocycles. The second-order valence-corrected chi connectivity index (χ2v) is 4.25. The molecule has 106 valence electrons. The van der Waals surface area contributed by atoms with Crippen LogP contribution in [0.1, 0.15) is 11.1 Å². The summed E-state index contributed by atoms with van der Waals surface area (Å²) in [6, 6.07) is 15.3. The van der Waals surface area contributed by atoms with Crippen molar-refractivity contribution in [3.8, 4) is 0 Å². The minimum atomic E-state index is -0.479. The van der Waals surface area contributed by atoms with Gasteiger partial charge in [-0.3, -0.25) is 10.1 Å². The topological polar surface area (TPSA) is 69.4 Å². The van der Waals surface area contributed by atoms with Crippen LogP contribution in [0.15, 0.2) is 60.7 Å². The van der Waals surface area contributed by atoms with Gasteiger partial charge in [-0.05, 0) is 28.8 Å². The van der Waals surface area contributed by atoms with Crippen LogP contribution in [-0.4, -0.2) is 18.0 Å². The van der Waals surface area contributed by atoms with Crippen molar-refractivity contribution in [1.82, 2.24) is 0 Å². The van der Waals surface area contributed by atoms with Crippen LogP contribution in [0.2, 0.25) is 0 Å². The summed E-state index contributed by atoms with van der Waals surface area (Å²) in [5.74, 6) is -0.479. The van der Waals surface area contributed by atoms with Gasteiger partial charge in [0.2, 0.25) is 0 Å². The molecule has 0 heterocycles. The third kappa shape index (κ3) is 3.54. The minimum absolute atomic E-state index is 0.00392. The highest BCUT2D eigenvalue weighted by Gasteiger charge is 2.10. The van der Waals surface area contributed by atoms with E-state index in [-0.39, 0.29) is 5.69 Å². The summed E-state index contributed by atoms with van der Waals surface area (Å²) in [6.07, 6.45) is 1.37. The van der Waals surface area contributed by atoms with E-state index in [0.29, 0.717) is 11.1 Å². The first-order valence-corrected chi connectivity index (χ1v) is 6.21. The number of nitro groups is 1. The second kappa shape index (κ2) is 6.47. The van der Waals surface area contributed by atoms with Crippen LogP contribution in [-0.2, 0) is 9.53 Å². The van der Waals surface area contributed by atoms with Crippen molar-refractivity contribution in [3.05, 3.63) is 81.9 Å². The molecule has 0 spiro atoms. The quantitative estimate of drug-likeness (QED) is 0.374. The summed E-state index contributed by atoms with van der Waals surface area (Å²) in [6.45, 7) is 0. The first-order chi connectivity index (χ1) is 10.1. The first kappa shape index (κ1) is 14.5. The van der Waals surface area contributed by atoms with Gasteiger partial charge in [0.1, 0.15) is 0 Å². The number of non-ortho nitro benzene ring substituents is 1. The smallest absolute Gasteiger partial charge is 0.331 e. The highest BCUT2D eigenvalue weighted by atomic mass is 16.6. The number of nitro benzene ring substituents is 1. The average molecular weight is 283 g/mol. The summed E-state index contributed by atoms with van der Waals surface area (Å²) >= 11 is 0. The SMILES string of the molecule is COC(=O)/C=C(/c1ccccc1)c1ccc([N+](=O)[O-])cc1. The first-order valence-electron chi connectivity index (χ1n) is 6.21. The Bertz CT molecular complexity index is 675. The van der Waals surface area contributed by atoms with E-state index in [4.69, 9.17) is 0 Å². The molecule has 2 aromatic rings. The minimum Gasteiger partial charge on any atom is -0.466 e. The lowest BCUT2D eigenvalue weighted by Gasteiger charge is -2.08. The number of methoxy groups -OCH3 is 1. The molecule has 0 aliphatic carbocycles. The molecule has 5 nitrogen and oxygen atoms in total. The van der Waals surface area contributed by atoms with Crippen molar-refractivity contribution in [2.45, 2.75) is 0 Å². The number of hydrogen-bond donors (Lipinski definition) is 0. The number of benzene rings is 2. The van der Waals surface area contributed by atoms with Gasteiger partial charge in [-0.25, -0.2) is 4.79 Å². The molecule has 0 saturated carbocycles. The summed E-state index contributed by atoms with van der Waals surface area (Å²) in [5.41, 5.74) is 2.19. The molecule has 21 heavy (non-hydrogen) atoms. The van der Waals surface area contributed by atoms with Crippen LogP contribution in [0.25, 0.3) is 5.57 Å². The lowest BCUT2D eigenvalue weighted by Crippen LogP contribution is -1.98. The van der Waals surface area contributed by atoms with Crippen molar-refractivity contribution >= 4 is 17.2 Å². The van der Waals surface area contributed by atoms with Crippen LogP contribution in [0.3, 0.4) is 0 Å². The summed E-state index contributed by atoms with van der Waals surface area (Å²) < 4.78 is 4.66. The van der Waals surface area contributed by atoms with E-state index in [1.165, 1.54) is 25.3 Å². The van der Waals surface area contributed by atoms with Crippen molar-refractivity contribution < 1.29 is 14.5 Å². The number of rotatable bonds is 4. The normalized spacial score (nSPS) is 11.0. The van der Waals surface area contributed by atoms with E-state index in [9.17, 15) is 14.9 Å². The zero-order valence-electron chi connectivity index (χ0n) is 11.4. The Morgan fingerprint density at radius 1 is 1.05 bits per heavy atom. The summed E-state index contributed by atoms with van der Waals surface area (Å²) in [4.78, 5) is 21.8. The van der Waals surface area contributed by atoms with Gasteiger partial charge < -0.3 is 4.74 Å². The lowest BCUT2D eigenvalue weighted by atomic mass is 9.97. The fraction of sp³-hybridized carbons (Fsp3) is 0.0625. The third-order valence-electron chi connectivity index (χ3n) is 2.94. The molecule has 0 fully saturated rings. The van der Waals surface area contributed by atoms with Crippen LogP contribution < -0.4 is 0 Å². The Morgan fingerprint density at radius 2 is 1.62 bits per heavy atom. The van der Waals surface area contributed by atoms with E-state index < -0.39 is 10.9 Å². The van der Waals surface area contributed by atoms with Crippen molar-refractivity contribution in [2.75, 3.05) is 7.11 Å². The van der Waals surface area contributed by atoms with Crippen LogP contribution in [0, 0.1) is 10.1 Å². The monoisotopic (exact) mass is 283 g/mol. The Balaban J connectivity index is 2.47. The molecule has 0 N–H and O–H groups in total. The number of nitrogens with zero attached hydrogens (tertiary/aromatic N) is 1. The molecule has 0 unspecified atom stereocenters. The molecule has 0 amide bonds. The molecule has 0 aromatic heterocycles. The Hall–Kier alpha value is -2.95. The van der Waals surface area contributed by atoms with Crippen molar-refractivity contribution in [2.24, 2.45) is 0 Å². The van der Waals surface area contributed by atoms with Crippen molar-refractivity contribution in [1.29, 1.82) is 0 Å². The second-order valence-electron chi connectivity index (χ2n) is 4.25. The van der Waals surface area contributed by atoms with Gasteiger partial charge in [0.05, 0.1) is 12.0 Å². The number of esters is 1. The van der Waals surface area contributed by atoms with E-state index >= 15 is 0 Å². The molecular weight excluding hydrogens is 270 g/mol. The van der Waals surface area contributed by atoms with Gasteiger partial charge in [-0.1, -0.05) is 30.3 Å². The Labute approximate surface area is 121 Å². The largest absolute Gasteiger partial charge is 0.466 e. The molecule has 0 radical (unpaired) electrons. The van der Waals surface area contributed by atoms with Gasteiger partial charge in [0.25, 0.3) is 5.69 Å². The molecule has 0 bridgehead atoms. The predicted molar refractivity (Wildman–Crippen MR) is 78.6 cm³/mol. The van der Waals surface area contributed by atoms with E-state index in [0.717, 1.165) is 5.56 Å². The summed E-state index contributed by atoms with van der Waals surface area (Å²) in [5, 5.41) is 10.7. The molecular formula is C16H13NO4. The highest BCUT2D eigenvalue weighted by Crippen LogP contribution is 2.25. The van der Waals surface area contributed by atoms with Gasteiger partial charge in [-0.2, -0.15) is 0 Å². The standard InChI is InChI=1S/C16H13NO4/c1-21-16(18)11-15(12-5-3-2-4-6-12)13-7-9-14(10-8-13)17(19)20/h2-11H,1H3/b15-11-. The zero-order valence-corrected chi connectivity index (χ0v) is 11.4. The van der Waals surface area contributed by atoms with E-state index in [2.05, 4.69) is 4.74 Å². The highest BCUT2D eigenvalue weighted by molar-refractivity contribution is 5.96. The summed E-state index contributed by atoms with van der Waals surface area (Å²) in [7, 11) is 1.30. The van der Waals surface area contributed by atoms with Gasteiger partial charge in [0.15, 0.2) is 0 Å². The zero-order chi connectivity index (χ0) is 15.2. The molecule has 0 saturated heterocycles. The fourth-order valence-electron chi connectivity index (χ4n) is 1.89. The van der Waals surface area contributed by atoms with E-state index in [1.807, 2.05) is 30.3 Å². The molecule has 0 atom stereocenters. The molecule has 0 aliphatic rings. The molecule has 2 aromatic carbocycles. The Morgan fingerprint density at radius 3 is 2.14 bits per heavy atom. The third-order valence-corrected chi connectivity index (χ3v) is 2.94. The van der Waals surface area contributed by atoms with Gasteiger partial charge in [-0.15, -0.1) is 0 Å². The van der Waals surface area contributed by atoms with Gasteiger partial charge >= 0.3 is 5.97 Å². The predicted octanol–water partition coefficient (Wildman–Crippen LogP) is 3.20. The van der Waals surface area contributed by atoms with Crippen LogP contribution >= 0.6 is 0 Å². The number of hydrogen-bond acceptors (Lipinski definition) is 4. The fourth-order valence-corrected chi connectivity index (χ4v) is 1.89. The molecule has 5 heteroatoms. The average Bonchev–Trinajstić information content (AvgIpc) is 2.53. The number of ether oxygens (including phenoxy) is 1.